The topological polar surface area (TPSA) is 188 Å². The van der Waals surface area contributed by atoms with Crippen molar-refractivity contribution >= 4 is 17.9 Å². The van der Waals surface area contributed by atoms with E-state index in [-0.39, 0.29) is 17.8 Å². The lowest BCUT2D eigenvalue weighted by Gasteiger charge is -2.24. The quantitative estimate of drug-likeness (QED) is 0.0702. The van der Waals surface area contributed by atoms with Crippen LogP contribution in [-0.4, -0.2) is 125 Å². The number of rotatable bonds is 25. The van der Waals surface area contributed by atoms with Gasteiger partial charge in [0, 0.05) is 25.7 Å². The van der Waals surface area contributed by atoms with Crippen LogP contribution >= 0.6 is 0 Å². The van der Waals surface area contributed by atoms with Crippen molar-refractivity contribution in [3.05, 3.63) is 82.4 Å². The Morgan fingerprint density at radius 2 is 0.887 bits per heavy atom. The smallest absolute Gasteiger partial charge is 0.307 e. The highest BCUT2D eigenvalue weighted by atomic mass is 16.5. The first kappa shape index (κ1) is 46.6. The summed E-state index contributed by atoms with van der Waals surface area (Å²) >= 11 is 0. The third-order valence-electron chi connectivity index (χ3n) is 13.1. The number of aliphatic carboxylic acids is 3. The normalized spacial score (nSPS) is 20.2. The molecular formula is C48H66N4O10. The summed E-state index contributed by atoms with van der Waals surface area (Å²) in [5.74, 6) is -1.02. The largest absolute Gasteiger partial charge is 0.497 e. The summed E-state index contributed by atoms with van der Waals surface area (Å²) in [4.78, 5) is 39.4. The van der Waals surface area contributed by atoms with Gasteiger partial charge in [0.05, 0.1) is 39.1 Å². The molecule has 0 radical (unpaired) electrons. The highest BCUT2D eigenvalue weighted by Crippen LogP contribution is 2.31. The number of carboxylic acid groups (broad SMARTS) is 3. The van der Waals surface area contributed by atoms with Gasteiger partial charge in [-0.05, 0) is 173 Å². The van der Waals surface area contributed by atoms with Crippen molar-refractivity contribution in [1.82, 2.24) is 20.9 Å². The second kappa shape index (κ2) is 23.0. The Morgan fingerprint density at radius 3 is 1.24 bits per heavy atom. The van der Waals surface area contributed by atoms with Gasteiger partial charge < -0.3 is 50.2 Å². The van der Waals surface area contributed by atoms with Crippen LogP contribution in [0.25, 0.3) is 0 Å². The second-order valence-electron chi connectivity index (χ2n) is 17.3. The molecule has 0 bridgehead atoms. The van der Waals surface area contributed by atoms with Gasteiger partial charge in [-0.2, -0.15) is 0 Å². The summed E-state index contributed by atoms with van der Waals surface area (Å²) in [5.41, 5.74) is 4.82. The molecule has 6 unspecified atom stereocenters. The van der Waals surface area contributed by atoms with Crippen molar-refractivity contribution in [2.24, 2.45) is 35.5 Å². The molecule has 6 N–H and O–H groups in total. The van der Waals surface area contributed by atoms with E-state index < -0.39 is 35.7 Å². The number of hydrogen-bond acceptors (Lipinski definition) is 11. The van der Waals surface area contributed by atoms with Gasteiger partial charge in [0.2, 0.25) is 0 Å². The first-order valence-corrected chi connectivity index (χ1v) is 22.2. The third-order valence-corrected chi connectivity index (χ3v) is 13.1. The molecule has 3 heterocycles. The van der Waals surface area contributed by atoms with Gasteiger partial charge in [-0.25, -0.2) is 0 Å². The Morgan fingerprint density at radius 1 is 0.532 bits per heavy atom. The Bertz CT molecular complexity index is 1850. The Labute approximate surface area is 365 Å². The van der Waals surface area contributed by atoms with E-state index in [1.807, 2.05) is 42.5 Å². The molecule has 3 aliphatic heterocycles. The molecule has 6 atom stereocenters. The van der Waals surface area contributed by atoms with Crippen LogP contribution in [0.3, 0.4) is 0 Å². The molecule has 0 amide bonds. The lowest BCUT2D eigenvalue weighted by molar-refractivity contribution is -0.144. The van der Waals surface area contributed by atoms with Gasteiger partial charge in [0.15, 0.2) is 0 Å². The molecule has 3 aliphatic rings. The first-order chi connectivity index (χ1) is 30.0. The number of nitrogens with zero attached hydrogens (tertiary/aromatic N) is 1. The van der Waals surface area contributed by atoms with E-state index >= 15 is 0 Å². The summed E-state index contributed by atoms with van der Waals surface area (Å²) in [7, 11) is 4.85. The molecule has 0 aromatic heterocycles. The number of benzene rings is 3. The van der Waals surface area contributed by atoms with E-state index in [1.54, 1.807) is 21.3 Å². The van der Waals surface area contributed by atoms with Gasteiger partial charge in [-0.3, -0.25) is 19.3 Å². The van der Waals surface area contributed by atoms with Crippen molar-refractivity contribution in [2.75, 3.05) is 86.8 Å². The molecule has 3 aromatic rings. The zero-order valence-corrected chi connectivity index (χ0v) is 36.5. The predicted octanol–water partition coefficient (Wildman–Crippen LogP) is 4.44. The van der Waals surface area contributed by atoms with Crippen LogP contribution in [0.2, 0.25) is 0 Å². The minimum Gasteiger partial charge on any atom is -0.497 e. The zero-order valence-electron chi connectivity index (χ0n) is 36.5. The number of ether oxygens (including phenoxy) is 4. The molecule has 14 nitrogen and oxygen atoms in total. The number of hydrogen-bond donors (Lipinski definition) is 6. The molecule has 6 rings (SSSR count). The van der Waals surface area contributed by atoms with Crippen LogP contribution in [0, 0.1) is 35.5 Å². The molecule has 3 fully saturated rings. The molecule has 3 aromatic carbocycles. The molecule has 3 saturated heterocycles. The Kier molecular flexibility index (Phi) is 17.3. The van der Waals surface area contributed by atoms with Crippen molar-refractivity contribution in [3.63, 3.8) is 0 Å². The SMILES string of the molecule is COc1cc(CCN(CCOc2cc(CC(C(=O)O)C3CCNC3)cc(OC)c2)CCc2cc(CC(C(=O)O)C3CCNC3)cc(OC)c2)cc(CC(C(=O)O)C2CCNC2)c1. The summed E-state index contributed by atoms with van der Waals surface area (Å²) in [6.45, 7) is 6.88. The fourth-order valence-corrected chi connectivity index (χ4v) is 9.56. The van der Waals surface area contributed by atoms with Gasteiger partial charge in [0.25, 0.3) is 0 Å². The predicted molar refractivity (Wildman–Crippen MR) is 236 cm³/mol. The van der Waals surface area contributed by atoms with Crippen LogP contribution in [0.4, 0.5) is 0 Å². The van der Waals surface area contributed by atoms with Crippen LogP contribution in [-0.2, 0) is 46.5 Å². The third kappa shape index (κ3) is 13.3. The summed E-state index contributed by atoms with van der Waals surface area (Å²) in [6, 6.07) is 17.8. The lowest BCUT2D eigenvalue weighted by atomic mass is 9.85. The van der Waals surface area contributed by atoms with Crippen LogP contribution in [0.1, 0.15) is 47.1 Å². The minimum atomic E-state index is -0.799. The van der Waals surface area contributed by atoms with Crippen LogP contribution < -0.4 is 34.9 Å². The first-order valence-electron chi connectivity index (χ1n) is 22.2. The van der Waals surface area contributed by atoms with E-state index in [4.69, 9.17) is 18.9 Å². The molecule has 0 spiro atoms. The van der Waals surface area contributed by atoms with E-state index in [1.165, 1.54) is 0 Å². The molecule has 338 valence electrons. The van der Waals surface area contributed by atoms with E-state index in [9.17, 15) is 29.7 Å². The summed E-state index contributed by atoms with van der Waals surface area (Å²) in [5, 5.41) is 40.3. The van der Waals surface area contributed by atoms with Gasteiger partial charge in [0.1, 0.15) is 29.6 Å². The van der Waals surface area contributed by atoms with Crippen molar-refractivity contribution in [3.8, 4) is 23.0 Å². The standard InChI is InChI=1S/C48H66N4O10/c1-59-39-18-31(16-33(20-39)24-43(46(53)54)36-4-9-49-28-36)7-12-52(13-8-32-17-34(21-40(19-32)60-2)25-44(47(55)56)37-5-10-50-29-37)14-15-62-42-23-35(22-41(27-42)61-3)26-45(48(57)58)38-6-11-51-30-38/h16-23,27,36-38,43-45,49-51H,4-15,24-26,28-30H2,1-3H3,(H,53,54)(H,55,56)(H,57,58). The fourth-order valence-electron chi connectivity index (χ4n) is 9.56. The maximum Gasteiger partial charge on any atom is 0.307 e. The minimum absolute atomic E-state index is 0.0596. The highest BCUT2D eigenvalue weighted by molar-refractivity contribution is 5.72. The van der Waals surface area contributed by atoms with Gasteiger partial charge >= 0.3 is 17.9 Å². The van der Waals surface area contributed by atoms with Gasteiger partial charge in [-0.15, -0.1) is 0 Å². The molecule has 14 heteroatoms. The molecule has 0 aliphatic carbocycles. The van der Waals surface area contributed by atoms with Crippen molar-refractivity contribution < 1.29 is 48.7 Å². The van der Waals surface area contributed by atoms with Crippen molar-refractivity contribution in [1.29, 1.82) is 0 Å². The second-order valence-corrected chi connectivity index (χ2v) is 17.3. The number of nitrogens with one attached hydrogen (secondary N) is 3. The Hall–Kier alpha value is -4.89. The van der Waals surface area contributed by atoms with Crippen LogP contribution in [0.5, 0.6) is 23.0 Å². The Balaban J connectivity index is 1.19. The monoisotopic (exact) mass is 858 g/mol. The maximum atomic E-state index is 12.4. The lowest BCUT2D eigenvalue weighted by Crippen LogP contribution is -2.32. The summed E-state index contributed by atoms with van der Waals surface area (Å²) < 4.78 is 23.4. The molecule has 62 heavy (non-hydrogen) atoms. The highest BCUT2D eigenvalue weighted by Gasteiger charge is 2.33. The maximum absolute atomic E-state index is 12.4. The zero-order chi connectivity index (χ0) is 44.0. The van der Waals surface area contributed by atoms with E-state index in [2.05, 4.69) is 33.0 Å². The molecular weight excluding hydrogens is 793 g/mol. The van der Waals surface area contributed by atoms with Crippen molar-refractivity contribution in [2.45, 2.75) is 51.4 Å². The van der Waals surface area contributed by atoms with Gasteiger partial charge in [-0.1, -0.05) is 12.1 Å². The van der Waals surface area contributed by atoms with E-state index in [0.29, 0.717) is 101 Å². The van der Waals surface area contributed by atoms with E-state index in [0.717, 1.165) is 66.7 Å². The average molecular weight is 859 g/mol. The van der Waals surface area contributed by atoms with Crippen LogP contribution in [0.15, 0.2) is 54.6 Å². The number of carboxylic acids is 3. The average Bonchev–Trinajstić information content (AvgIpc) is 4.10. The number of methoxy groups -OCH3 is 3. The summed E-state index contributed by atoms with van der Waals surface area (Å²) in [6.07, 6.45) is 5.11. The fraction of sp³-hybridized carbons (Fsp3) is 0.562. The number of carbonyl (C=O) groups is 3. The molecule has 0 saturated carbocycles.